The van der Waals surface area contributed by atoms with E-state index in [1.165, 1.54) is 32.1 Å². The highest BCUT2D eigenvalue weighted by Crippen LogP contribution is 2.36. The van der Waals surface area contributed by atoms with Crippen molar-refractivity contribution >= 4 is 26.5 Å². The van der Waals surface area contributed by atoms with Crippen molar-refractivity contribution in [3.8, 4) is 10.4 Å². The SMILES string of the molecule is Cc1ccc(-c2sc(N[C@H](C)C3CCCCC3)nc2C)cc1S(=O)(=O)NC1CCC(O)C1. The van der Waals surface area contributed by atoms with Gasteiger partial charge in [0.1, 0.15) is 0 Å². The van der Waals surface area contributed by atoms with E-state index >= 15 is 0 Å². The Morgan fingerprint density at radius 3 is 2.56 bits per heavy atom. The zero-order chi connectivity index (χ0) is 22.9. The molecular formula is C24H35N3O3S2. The molecule has 4 rings (SSSR count). The molecule has 0 spiro atoms. The molecule has 2 aliphatic rings. The maximum absolute atomic E-state index is 13.1. The highest BCUT2D eigenvalue weighted by atomic mass is 32.2. The zero-order valence-corrected chi connectivity index (χ0v) is 20.9. The van der Waals surface area contributed by atoms with E-state index in [1.807, 2.05) is 26.0 Å². The fourth-order valence-electron chi connectivity index (χ4n) is 5.05. The number of sulfonamides is 1. The van der Waals surface area contributed by atoms with Gasteiger partial charge >= 0.3 is 0 Å². The summed E-state index contributed by atoms with van der Waals surface area (Å²) in [6, 6.07) is 5.78. The van der Waals surface area contributed by atoms with Crippen molar-refractivity contribution in [2.24, 2.45) is 5.92 Å². The average Bonchev–Trinajstić information content (AvgIpc) is 3.33. The van der Waals surface area contributed by atoms with Crippen molar-refractivity contribution in [1.82, 2.24) is 9.71 Å². The van der Waals surface area contributed by atoms with E-state index in [9.17, 15) is 13.5 Å². The van der Waals surface area contributed by atoms with Gasteiger partial charge in [-0.2, -0.15) is 0 Å². The van der Waals surface area contributed by atoms with Crippen LogP contribution in [0.3, 0.4) is 0 Å². The van der Waals surface area contributed by atoms with Crippen LogP contribution in [0.2, 0.25) is 0 Å². The third-order valence-electron chi connectivity index (χ3n) is 6.97. The summed E-state index contributed by atoms with van der Waals surface area (Å²) in [5, 5.41) is 14.3. The number of nitrogens with one attached hydrogen (secondary N) is 2. The van der Waals surface area contributed by atoms with E-state index < -0.39 is 16.1 Å². The second-order valence-corrected chi connectivity index (χ2v) is 12.2. The van der Waals surface area contributed by atoms with Crippen molar-refractivity contribution in [2.45, 2.75) is 95.2 Å². The number of nitrogens with zero attached hydrogens (tertiary/aromatic N) is 1. The van der Waals surface area contributed by atoms with Crippen LogP contribution in [0.4, 0.5) is 5.13 Å². The lowest BCUT2D eigenvalue weighted by Gasteiger charge is -2.28. The minimum Gasteiger partial charge on any atom is -0.393 e. The van der Waals surface area contributed by atoms with Crippen LogP contribution >= 0.6 is 11.3 Å². The van der Waals surface area contributed by atoms with E-state index in [1.54, 1.807) is 17.4 Å². The van der Waals surface area contributed by atoms with Gasteiger partial charge in [0.25, 0.3) is 0 Å². The largest absolute Gasteiger partial charge is 0.393 e. The lowest BCUT2D eigenvalue weighted by atomic mass is 9.85. The summed E-state index contributed by atoms with van der Waals surface area (Å²) in [6.45, 7) is 6.04. The Balaban J connectivity index is 1.54. The molecule has 1 aromatic carbocycles. The smallest absolute Gasteiger partial charge is 0.241 e. The molecule has 0 radical (unpaired) electrons. The molecule has 0 aliphatic heterocycles. The van der Waals surface area contributed by atoms with E-state index in [-0.39, 0.29) is 6.04 Å². The van der Waals surface area contributed by atoms with E-state index in [0.717, 1.165) is 21.3 Å². The number of rotatable bonds is 7. The van der Waals surface area contributed by atoms with E-state index in [4.69, 9.17) is 4.98 Å². The summed E-state index contributed by atoms with van der Waals surface area (Å²) in [7, 11) is -3.66. The summed E-state index contributed by atoms with van der Waals surface area (Å²) in [5.74, 6) is 0.688. The third kappa shape index (κ3) is 5.35. The summed E-state index contributed by atoms with van der Waals surface area (Å²) in [4.78, 5) is 6.04. The van der Waals surface area contributed by atoms with Crippen molar-refractivity contribution in [1.29, 1.82) is 0 Å². The lowest BCUT2D eigenvalue weighted by Crippen LogP contribution is -2.33. The number of thiazole rings is 1. The molecule has 2 aromatic rings. The number of aliphatic hydroxyl groups excluding tert-OH is 1. The molecule has 0 bridgehead atoms. The Morgan fingerprint density at radius 2 is 1.88 bits per heavy atom. The van der Waals surface area contributed by atoms with Crippen LogP contribution in [-0.4, -0.2) is 36.7 Å². The Kier molecular flexibility index (Phi) is 7.24. The molecule has 3 N–H and O–H groups in total. The van der Waals surface area contributed by atoms with Gasteiger partial charge in [0.05, 0.1) is 21.6 Å². The van der Waals surface area contributed by atoms with Crippen molar-refractivity contribution < 1.29 is 13.5 Å². The molecule has 3 atom stereocenters. The zero-order valence-electron chi connectivity index (χ0n) is 19.2. The quantitative estimate of drug-likeness (QED) is 0.522. The predicted octanol–water partition coefficient (Wildman–Crippen LogP) is 5.00. The number of benzene rings is 1. The van der Waals surface area contributed by atoms with Gasteiger partial charge in [0.2, 0.25) is 10.0 Å². The van der Waals surface area contributed by atoms with Crippen LogP contribution in [0.25, 0.3) is 10.4 Å². The number of anilines is 1. The summed E-state index contributed by atoms with van der Waals surface area (Å²) in [6.07, 6.45) is 7.88. The summed E-state index contributed by atoms with van der Waals surface area (Å²) in [5.41, 5.74) is 2.49. The number of aryl methyl sites for hydroxylation is 2. The fourth-order valence-corrected chi connectivity index (χ4v) is 7.66. The molecule has 2 unspecified atom stereocenters. The van der Waals surface area contributed by atoms with Crippen LogP contribution in [0.15, 0.2) is 23.1 Å². The molecular weight excluding hydrogens is 442 g/mol. The van der Waals surface area contributed by atoms with Gasteiger partial charge in [-0.15, -0.1) is 0 Å². The standard InChI is InChI=1S/C24H35N3O3S2/c1-15-9-10-19(13-22(15)32(29,30)27-20-11-12-21(28)14-20)23-17(3)26-24(31-23)25-16(2)18-7-5-4-6-8-18/h9-10,13,16,18,20-21,27-28H,4-8,11-12,14H2,1-3H3,(H,25,26)/t16-,20?,21?/m1/s1. The van der Waals surface area contributed by atoms with E-state index in [0.29, 0.717) is 41.7 Å². The molecule has 0 amide bonds. The first kappa shape index (κ1) is 23.7. The van der Waals surface area contributed by atoms with Gasteiger partial charge < -0.3 is 10.4 Å². The first-order valence-corrected chi connectivity index (χ1v) is 14.1. The normalized spacial score (nSPS) is 23.4. The monoisotopic (exact) mass is 477 g/mol. The molecule has 1 aromatic heterocycles. The number of hydrogen-bond acceptors (Lipinski definition) is 6. The molecule has 0 saturated heterocycles. The van der Waals surface area contributed by atoms with Gasteiger partial charge in [-0.3, -0.25) is 0 Å². The van der Waals surface area contributed by atoms with Crippen LogP contribution < -0.4 is 10.0 Å². The summed E-state index contributed by atoms with van der Waals surface area (Å²) >= 11 is 1.59. The van der Waals surface area contributed by atoms with Gasteiger partial charge in [0, 0.05) is 12.1 Å². The summed E-state index contributed by atoms with van der Waals surface area (Å²) < 4.78 is 29.0. The molecule has 1 heterocycles. The highest BCUT2D eigenvalue weighted by molar-refractivity contribution is 7.89. The Labute approximate surface area is 195 Å². The molecule has 2 fully saturated rings. The molecule has 2 aliphatic carbocycles. The lowest BCUT2D eigenvalue weighted by molar-refractivity contribution is 0.181. The van der Waals surface area contributed by atoms with Crippen LogP contribution in [0.5, 0.6) is 0 Å². The molecule has 8 heteroatoms. The van der Waals surface area contributed by atoms with Crippen LogP contribution in [-0.2, 0) is 10.0 Å². The first-order valence-electron chi connectivity index (χ1n) is 11.8. The van der Waals surface area contributed by atoms with Crippen molar-refractivity contribution in [3.63, 3.8) is 0 Å². The predicted molar refractivity (Wildman–Crippen MR) is 131 cm³/mol. The molecule has 2 saturated carbocycles. The molecule has 32 heavy (non-hydrogen) atoms. The number of hydrogen-bond donors (Lipinski definition) is 3. The molecule has 6 nitrogen and oxygen atoms in total. The Morgan fingerprint density at radius 1 is 1.12 bits per heavy atom. The van der Waals surface area contributed by atoms with Gasteiger partial charge in [-0.1, -0.05) is 42.7 Å². The van der Waals surface area contributed by atoms with Crippen molar-refractivity contribution in [3.05, 3.63) is 29.5 Å². The van der Waals surface area contributed by atoms with Crippen molar-refractivity contribution in [2.75, 3.05) is 5.32 Å². The maximum Gasteiger partial charge on any atom is 0.241 e. The van der Waals surface area contributed by atoms with Crippen LogP contribution in [0.1, 0.15) is 69.5 Å². The van der Waals surface area contributed by atoms with Gasteiger partial charge in [-0.05, 0) is 76.0 Å². The average molecular weight is 478 g/mol. The maximum atomic E-state index is 13.1. The Hall–Kier alpha value is -1.48. The molecule has 176 valence electrons. The van der Waals surface area contributed by atoms with E-state index in [2.05, 4.69) is 17.0 Å². The fraction of sp³-hybridized carbons (Fsp3) is 0.625. The van der Waals surface area contributed by atoms with Gasteiger partial charge in [0.15, 0.2) is 5.13 Å². The highest BCUT2D eigenvalue weighted by Gasteiger charge is 2.29. The minimum absolute atomic E-state index is 0.208. The first-order chi connectivity index (χ1) is 15.2. The minimum atomic E-state index is -3.66. The second-order valence-electron chi connectivity index (χ2n) is 9.53. The third-order valence-corrected chi connectivity index (χ3v) is 9.77. The topological polar surface area (TPSA) is 91.3 Å². The van der Waals surface area contributed by atoms with Crippen LogP contribution in [0, 0.1) is 19.8 Å². The number of aromatic nitrogens is 1. The number of aliphatic hydroxyl groups is 1. The Bertz CT molecular complexity index is 1040. The van der Waals surface area contributed by atoms with Gasteiger partial charge in [-0.25, -0.2) is 18.1 Å². The second kappa shape index (κ2) is 9.79.